The van der Waals surface area contributed by atoms with Crippen LogP contribution in [0.4, 0.5) is 11.4 Å². The van der Waals surface area contributed by atoms with Crippen LogP contribution in [-0.4, -0.2) is 47.0 Å². The summed E-state index contributed by atoms with van der Waals surface area (Å²) in [5.41, 5.74) is 1.65. The number of rotatable bonds is 7. The zero-order valence-electron chi connectivity index (χ0n) is 16.8. The van der Waals surface area contributed by atoms with Crippen molar-refractivity contribution < 1.29 is 13.2 Å². The fourth-order valence-electron chi connectivity index (χ4n) is 3.17. The second kappa shape index (κ2) is 9.28. The molecule has 2 aromatic rings. The third kappa shape index (κ3) is 5.48. The Bertz CT molecular complexity index is 940. The van der Waals surface area contributed by atoms with Gasteiger partial charge in [0.05, 0.1) is 10.5 Å². The van der Waals surface area contributed by atoms with Crippen molar-refractivity contribution in [2.75, 3.05) is 42.3 Å². The molecule has 0 radical (unpaired) electrons. The van der Waals surface area contributed by atoms with Crippen LogP contribution >= 0.6 is 0 Å². The maximum absolute atomic E-state index is 12.9. The quantitative estimate of drug-likeness (QED) is 0.644. The van der Waals surface area contributed by atoms with Crippen LogP contribution < -0.4 is 20.3 Å². The van der Waals surface area contributed by atoms with Gasteiger partial charge in [0.1, 0.15) is 0 Å². The third-order valence-electron chi connectivity index (χ3n) is 4.68. The highest BCUT2D eigenvalue weighted by Crippen LogP contribution is 2.26. The highest BCUT2D eigenvalue weighted by atomic mass is 32.2. The number of piperazine rings is 1. The highest BCUT2D eigenvalue weighted by molar-refractivity contribution is 7.92. The Hall–Kier alpha value is -2.58. The van der Waals surface area contributed by atoms with Crippen LogP contribution in [0, 0.1) is 5.92 Å². The maximum atomic E-state index is 12.9. The van der Waals surface area contributed by atoms with Crippen LogP contribution in [0.2, 0.25) is 0 Å². The second-order valence-corrected chi connectivity index (χ2v) is 9.17. The number of sulfonamides is 1. The predicted octanol–water partition coefficient (Wildman–Crippen LogP) is 2.28. The van der Waals surface area contributed by atoms with Crippen molar-refractivity contribution in [3.63, 3.8) is 0 Å². The molecule has 1 aliphatic heterocycles. The van der Waals surface area contributed by atoms with Crippen LogP contribution in [0.25, 0.3) is 0 Å². The second-order valence-electron chi connectivity index (χ2n) is 7.49. The lowest BCUT2D eigenvalue weighted by Gasteiger charge is -2.31. The van der Waals surface area contributed by atoms with Crippen molar-refractivity contribution in [3.8, 4) is 0 Å². The molecule has 2 aromatic carbocycles. The summed E-state index contributed by atoms with van der Waals surface area (Å²) in [6.45, 7) is 7.88. The van der Waals surface area contributed by atoms with E-state index in [9.17, 15) is 13.2 Å². The van der Waals surface area contributed by atoms with Crippen molar-refractivity contribution in [1.82, 2.24) is 10.6 Å². The Morgan fingerprint density at radius 1 is 1.10 bits per heavy atom. The number of anilines is 2. The van der Waals surface area contributed by atoms with E-state index in [4.69, 9.17) is 0 Å². The Morgan fingerprint density at radius 2 is 1.79 bits per heavy atom. The summed E-state index contributed by atoms with van der Waals surface area (Å²) < 4.78 is 27.9. The number of carbonyl (C=O) groups excluding carboxylic acids is 1. The molecule has 1 aliphatic rings. The Kier molecular flexibility index (Phi) is 6.76. The molecule has 1 amide bonds. The monoisotopic (exact) mass is 416 g/mol. The average molecular weight is 417 g/mol. The van der Waals surface area contributed by atoms with E-state index in [0.29, 0.717) is 23.7 Å². The lowest BCUT2D eigenvalue weighted by Crippen LogP contribution is -2.44. The van der Waals surface area contributed by atoms with Gasteiger partial charge in [0.2, 0.25) is 0 Å². The maximum Gasteiger partial charge on any atom is 0.261 e. The van der Waals surface area contributed by atoms with Gasteiger partial charge in [-0.15, -0.1) is 0 Å². The number of nitrogens with zero attached hydrogens (tertiary/aromatic N) is 1. The minimum atomic E-state index is -3.72. The Balaban J connectivity index is 1.91. The molecule has 0 unspecified atom stereocenters. The Morgan fingerprint density at radius 3 is 2.45 bits per heavy atom. The summed E-state index contributed by atoms with van der Waals surface area (Å²) >= 11 is 0. The molecule has 156 valence electrons. The average Bonchev–Trinajstić information content (AvgIpc) is 2.73. The van der Waals surface area contributed by atoms with Crippen LogP contribution in [0.3, 0.4) is 0 Å². The van der Waals surface area contributed by atoms with Gasteiger partial charge in [0.15, 0.2) is 0 Å². The number of hydrogen-bond donors (Lipinski definition) is 3. The third-order valence-corrected chi connectivity index (χ3v) is 6.07. The first-order valence-corrected chi connectivity index (χ1v) is 11.3. The van der Waals surface area contributed by atoms with Crippen LogP contribution in [0.1, 0.15) is 24.2 Å². The molecule has 1 fully saturated rings. The largest absolute Gasteiger partial charge is 0.368 e. The fraction of sp³-hybridized carbons (Fsp3) is 0.381. The van der Waals surface area contributed by atoms with Gasteiger partial charge in [0, 0.05) is 44.1 Å². The summed E-state index contributed by atoms with van der Waals surface area (Å²) in [6.07, 6.45) is 0. The van der Waals surface area contributed by atoms with E-state index in [-0.39, 0.29) is 10.8 Å². The molecule has 0 aliphatic carbocycles. The number of benzene rings is 2. The highest BCUT2D eigenvalue weighted by Gasteiger charge is 2.21. The van der Waals surface area contributed by atoms with E-state index < -0.39 is 10.0 Å². The van der Waals surface area contributed by atoms with E-state index in [2.05, 4.69) is 20.3 Å². The van der Waals surface area contributed by atoms with Gasteiger partial charge in [-0.1, -0.05) is 32.0 Å². The standard InChI is InChI=1S/C21H28N4O3S/c1-16(2)15-23-21(26)19-14-17(8-9-20(19)25-12-10-22-11-13-25)24-29(27,28)18-6-4-3-5-7-18/h3-9,14,16,22,24H,10-13,15H2,1-2H3,(H,23,26). The molecule has 0 spiro atoms. The van der Waals surface area contributed by atoms with Gasteiger partial charge in [-0.05, 0) is 36.2 Å². The number of nitrogens with one attached hydrogen (secondary N) is 3. The number of carbonyl (C=O) groups is 1. The van der Waals surface area contributed by atoms with Crippen LogP contribution in [-0.2, 0) is 10.0 Å². The van der Waals surface area contributed by atoms with Crippen LogP contribution in [0.5, 0.6) is 0 Å². The number of hydrogen-bond acceptors (Lipinski definition) is 5. The molecule has 1 saturated heterocycles. The first-order chi connectivity index (χ1) is 13.9. The van der Waals surface area contributed by atoms with Gasteiger partial charge in [-0.2, -0.15) is 0 Å². The van der Waals surface area contributed by atoms with Crippen molar-refractivity contribution in [3.05, 3.63) is 54.1 Å². The first kappa shape index (κ1) is 21.1. The van der Waals surface area contributed by atoms with E-state index in [1.54, 1.807) is 30.3 Å². The lowest BCUT2D eigenvalue weighted by atomic mass is 10.1. The van der Waals surface area contributed by atoms with Gasteiger partial charge < -0.3 is 15.5 Å². The Labute approximate surface area is 172 Å². The summed E-state index contributed by atoms with van der Waals surface area (Å²) in [7, 11) is -3.72. The summed E-state index contributed by atoms with van der Waals surface area (Å²) in [5, 5.41) is 6.24. The van der Waals surface area contributed by atoms with Gasteiger partial charge in [-0.3, -0.25) is 9.52 Å². The summed E-state index contributed by atoms with van der Waals surface area (Å²) in [6, 6.07) is 13.3. The molecule has 0 saturated carbocycles. The van der Waals surface area contributed by atoms with Crippen molar-refractivity contribution in [2.45, 2.75) is 18.7 Å². The molecular weight excluding hydrogens is 388 g/mol. The van der Waals surface area contributed by atoms with E-state index in [1.165, 1.54) is 12.1 Å². The van der Waals surface area contributed by atoms with Crippen molar-refractivity contribution >= 4 is 27.3 Å². The fourth-order valence-corrected chi connectivity index (χ4v) is 4.24. The normalized spacial score (nSPS) is 14.7. The smallest absolute Gasteiger partial charge is 0.261 e. The van der Waals surface area contributed by atoms with E-state index >= 15 is 0 Å². The number of amides is 1. The molecule has 7 nitrogen and oxygen atoms in total. The summed E-state index contributed by atoms with van der Waals surface area (Å²) in [4.78, 5) is 15.2. The zero-order valence-corrected chi connectivity index (χ0v) is 17.6. The molecule has 1 heterocycles. The van der Waals surface area contributed by atoms with E-state index in [0.717, 1.165) is 31.9 Å². The predicted molar refractivity (Wildman–Crippen MR) is 116 cm³/mol. The minimum Gasteiger partial charge on any atom is -0.368 e. The molecule has 0 aromatic heterocycles. The SMILES string of the molecule is CC(C)CNC(=O)c1cc(NS(=O)(=O)c2ccccc2)ccc1N1CCNCC1. The van der Waals surface area contributed by atoms with Gasteiger partial charge >= 0.3 is 0 Å². The first-order valence-electron chi connectivity index (χ1n) is 9.82. The topological polar surface area (TPSA) is 90.5 Å². The zero-order chi connectivity index (χ0) is 20.9. The molecule has 3 rings (SSSR count). The molecule has 3 N–H and O–H groups in total. The molecule has 0 bridgehead atoms. The molecule has 0 atom stereocenters. The van der Waals surface area contributed by atoms with Crippen molar-refractivity contribution in [1.29, 1.82) is 0 Å². The van der Waals surface area contributed by atoms with Gasteiger partial charge in [-0.25, -0.2) is 8.42 Å². The summed E-state index contributed by atoms with van der Waals surface area (Å²) in [5.74, 6) is 0.120. The minimum absolute atomic E-state index is 0.178. The molecular formula is C21H28N4O3S. The van der Waals surface area contributed by atoms with Crippen LogP contribution in [0.15, 0.2) is 53.4 Å². The van der Waals surface area contributed by atoms with Crippen molar-refractivity contribution in [2.24, 2.45) is 5.92 Å². The lowest BCUT2D eigenvalue weighted by molar-refractivity contribution is 0.0949. The van der Waals surface area contributed by atoms with E-state index in [1.807, 2.05) is 19.9 Å². The molecule has 29 heavy (non-hydrogen) atoms. The van der Waals surface area contributed by atoms with Gasteiger partial charge in [0.25, 0.3) is 15.9 Å². The molecule has 8 heteroatoms.